The van der Waals surface area contributed by atoms with Crippen LogP contribution in [-0.2, 0) is 9.53 Å². The number of nitrogens with two attached hydrogens (primary N) is 1. The molecule has 1 heterocycles. The van der Waals surface area contributed by atoms with Gasteiger partial charge in [0.15, 0.2) is 0 Å². The van der Waals surface area contributed by atoms with Crippen LogP contribution in [-0.4, -0.2) is 73.3 Å². The third kappa shape index (κ3) is 5.38. The van der Waals surface area contributed by atoms with E-state index >= 15 is 0 Å². The smallest absolute Gasteiger partial charge is 0.231 e. The molecule has 1 saturated heterocycles. The minimum Gasteiger partial charge on any atom is -0.387 e. The second-order valence-corrected chi connectivity index (χ2v) is 5.84. The first-order chi connectivity index (χ1) is 10.5. The maximum atomic E-state index is 10.9. The lowest BCUT2D eigenvalue weighted by Gasteiger charge is -2.35. The van der Waals surface area contributed by atoms with Gasteiger partial charge in [-0.3, -0.25) is 14.6 Å². The van der Waals surface area contributed by atoms with Crippen LogP contribution >= 0.6 is 0 Å². The van der Waals surface area contributed by atoms with Crippen LogP contribution in [0.25, 0.3) is 0 Å². The van der Waals surface area contributed by atoms with Crippen molar-refractivity contribution < 1.29 is 14.6 Å². The Bertz CT molecular complexity index is 469. The molecule has 0 spiro atoms. The Hall–Kier alpha value is -1.47. The number of nitrogens with zero attached hydrogens (tertiary/aromatic N) is 2. The molecule has 1 amide bonds. The molecule has 0 unspecified atom stereocenters. The highest BCUT2D eigenvalue weighted by Crippen LogP contribution is 2.16. The number of ether oxygens (including phenoxy) is 1. The molecule has 1 fully saturated rings. The van der Waals surface area contributed by atoms with Crippen molar-refractivity contribution in [2.75, 3.05) is 46.4 Å². The van der Waals surface area contributed by atoms with Gasteiger partial charge < -0.3 is 15.6 Å². The Morgan fingerprint density at radius 3 is 2.91 bits per heavy atom. The molecule has 1 aromatic carbocycles. The molecule has 2 rings (SSSR count). The fourth-order valence-corrected chi connectivity index (χ4v) is 2.76. The van der Waals surface area contributed by atoms with Crippen molar-refractivity contribution in [1.29, 1.82) is 0 Å². The number of β-amino-alcohol motifs (C(OH)–C–C–N with tert-alkyl or cyclic N) is 1. The van der Waals surface area contributed by atoms with Crippen molar-refractivity contribution in [1.82, 2.24) is 9.80 Å². The summed E-state index contributed by atoms with van der Waals surface area (Å²) in [5.74, 6) is -0.338. The van der Waals surface area contributed by atoms with Crippen LogP contribution in [0.1, 0.15) is 11.7 Å². The summed E-state index contributed by atoms with van der Waals surface area (Å²) in [5.41, 5.74) is 6.12. The van der Waals surface area contributed by atoms with Gasteiger partial charge in [0, 0.05) is 26.2 Å². The molecule has 1 aliphatic heterocycles. The van der Waals surface area contributed by atoms with Crippen LogP contribution in [0.2, 0.25) is 0 Å². The van der Waals surface area contributed by atoms with Gasteiger partial charge in [0.25, 0.3) is 0 Å². The van der Waals surface area contributed by atoms with Gasteiger partial charge in [0.2, 0.25) is 5.91 Å². The molecule has 6 nitrogen and oxygen atoms in total. The Balaban J connectivity index is 1.81. The highest BCUT2D eigenvalue weighted by atomic mass is 16.5. The topological polar surface area (TPSA) is 79.0 Å². The minimum absolute atomic E-state index is 0.0288. The number of aliphatic hydroxyl groups is 1. The van der Waals surface area contributed by atoms with E-state index in [9.17, 15) is 9.90 Å². The fraction of sp³-hybridized carbons (Fsp3) is 0.562. The van der Waals surface area contributed by atoms with Gasteiger partial charge in [0.1, 0.15) is 0 Å². The van der Waals surface area contributed by atoms with E-state index in [2.05, 4.69) is 4.90 Å². The van der Waals surface area contributed by atoms with Gasteiger partial charge in [0.05, 0.1) is 25.4 Å². The number of primary amides is 1. The van der Waals surface area contributed by atoms with Crippen LogP contribution in [0.5, 0.6) is 0 Å². The summed E-state index contributed by atoms with van der Waals surface area (Å²) in [4.78, 5) is 15.0. The lowest BCUT2D eigenvalue weighted by atomic mass is 10.1. The number of morpholine rings is 1. The standard InChI is InChI=1S/C16H25N3O3/c1-18(12-16(17)21)9-14-10-19(7-8-22-14)11-15(20)13-5-3-2-4-6-13/h2-6,14-15,20H,7-12H2,1H3,(H2,17,21)/t14-,15+/m1/s1. The number of carbonyl (C=O) groups is 1. The summed E-state index contributed by atoms with van der Waals surface area (Å²) >= 11 is 0. The number of rotatable bonds is 7. The van der Waals surface area contributed by atoms with Crippen molar-refractivity contribution >= 4 is 5.91 Å². The summed E-state index contributed by atoms with van der Waals surface area (Å²) in [7, 11) is 1.85. The molecule has 1 aliphatic rings. The van der Waals surface area contributed by atoms with Crippen LogP contribution in [0.3, 0.4) is 0 Å². The first kappa shape index (κ1) is 16.9. The van der Waals surface area contributed by atoms with Gasteiger partial charge >= 0.3 is 0 Å². The lowest BCUT2D eigenvalue weighted by molar-refractivity contribution is -0.119. The Morgan fingerprint density at radius 1 is 1.50 bits per heavy atom. The fourth-order valence-electron chi connectivity index (χ4n) is 2.76. The molecule has 122 valence electrons. The number of likely N-dealkylation sites (N-methyl/N-ethyl adjacent to an activating group) is 1. The SMILES string of the molecule is CN(CC(N)=O)C[C@@H]1CN(C[C@H](O)c2ccccc2)CCO1. The molecule has 0 bridgehead atoms. The normalized spacial score (nSPS) is 21.0. The number of carbonyl (C=O) groups excluding carboxylic acids is 1. The van der Waals surface area contributed by atoms with Crippen LogP contribution in [0, 0.1) is 0 Å². The molecule has 0 saturated carbocycles. The molecule has 1 aromatic rings. The zero-order valence-corrected chi connectivity index (χ0v) is 13.0. The summed E-state index contributed by atoms with van der Waals surface area (Å²) < 4.78 is 5.73. The van der Waals surface area contributed by atoms with E-state index in [0.29, 0.717) is 19.7 Å². The quantitative estimate of drug-likeness (QED) is 0.732. The van der Waals surface area contributed by atoms with Gasteiger partial charge in [-0.1, -0.05) is 30.3 Å². The molecule has 3 N–H and O–H groups in total. The minimum atomic E-state index is -0.497. The van der Waals surface area contributed by atoms with Crippen LogP contribution in [0.4, 0.5) is 0 Å². The molecule has 0 radical (unpaired) electrons. The Kier molecular flexibility index (Phi) is 6.33. The molecule has 0 aliphatic carbocycles. The lowest BCUT2D eigenvalue weighted by Crippen LogP contribution is -2.48. The van der Waals surface area contributed by atoms with E-state index in [1.165, 1.54) is 0 Å². The van der Waals surface area contributed by atoms with Crippen molar-refractivity contribution in [3.8, 4) is 0 Å². The zero-order chi connectivity index (χ0) is 15.9. The summed E-state index contributed by atoms with van der Waals surface area (Å²) in [6.45, 7) is 3.65. The maximum Gasteiger partial charge on any atom is 0.231 e. The number of aliphatic hydroxyl groups excluding tert-OH is 1. The average molecular weight is 307 g/mol. The van der Waals surface area contributed by atoms with E-state index in [1.54, 1.807) is 0 Å². The highest BCUT2D eigenvalue weighted by molar-refractivity contribution is 5.75. The van der Waals surface area contributed by atoms with E-state index in [1.807, 2.05) is 42.3 Å². The van der Waals surface area contributed by atoms with E-state index in [4.69, 9.17) is 10.5 Å². The molecule has 2 atom stereocenters. The van der Waals surface area contributed by atoms with Crippen molar-refractivity contribution in [3.63, 3.8) is 0 Å². The predicted molar refractivity (Wildman–Crippen MR) is 84.3 cm³/mol. The molecule has 22 heavy (non-hydrogen) atoms. The van der Waals surface area contributed by atoms with Crippen molar-refractivity contribution in [2.24, 2.45) is 5.73 Å². The third-order valence-electron chi connectivity index (χ3n) is 3.78. The molecular weight excluding hydrogens is 282 g/mol. The van der Waals surface area contributed by atoms with Gasteiger partial charge in [-0.15, -0.1) is 0 Å². The number of hydrogen-bond donors (Lipinski definition) is 2. The second-order valence-electron chi connectivity index (χ2n) is 5.84. The van der Waals surface area contributed by atoms with Crippen molar-refractivity contribution in [2.45, 2.75) is 12.2 Å². The Labute approximate surface area is 131 Å². The Morgan fingerprint density at radius 2 is 2.23 bits per heavy atom. The number of amides is 1. The molecule has 6 heteroatoms. The monoisotopic (exact) mass is 307 g/mol. The summed E-state index contributed by atoms with van der Waals surface area (Å²) in [5, 5.41) is 10.3. The first-order valence-corrected chi connectivity index (χ1v) is 7.58. The van der Waals surface area contributed by atoms with E-state index < -0.39 is 6.10 Å². The maximum absolute atomic E-state index is 10.9. The van der Waals surface area contributed by atoms with Gasteiger partial charge in [-0.2, -0.15) is 0 Å². The first-order valence-electron chi connectivity index (χ1n) is 7.58. The molecular formula is C16H25N3O3. The average Bonchev–Trinajstić information content (AvgIpc) is 2.47. The van der Waals surface area contributed by atoms with E-state index in [0.717, 1.165) is 18.7 Å². The van der Waals surface area contributed by atoms with Crippen LogP contribution in [0.15, 0.2) is 30.3 Å². The van der Waals surface area contributed by atoms with Gasteiger partial charge in [-0.25, -0.2) is 0 Å². The summed E-state index contributed by atoms with van der Waals surface area (Å²) in [6, 6.07) is 9.67. The number of benzene rings is 1. The predicted octanol–water partition coefficient (Wildman–Crippen LogP) is -0.162. The summed E-state index contributed by atoms with van der Waals surface area (Å²) in [6.07, 6.45) is -0.468. The third-order valence-corrected chi connectivity index (χ3v) is 3.78. The highest BCUT2D eigenvalue weighted by Gasteiger charge is 2.24. The van der Waals surface area contributed by atoms with Crippen molar-refractivity contribution in [3.05, 3.63) is 35.9 Å². The van der Waals surface area contributed by atoms with Gasteiger partial charge in [-0.05, 0) is 12.6 Å². The van der Waals surface area contributed by atoms with E-state index in [-0.39, 0.29) is 18.6 Å². The zero-order valence-electron chi connectivity index (χ0n) is 13.0. The largest absolute Gasteiger partial charge is 0.387 e. The molecule has 0 aromatic heterocycles. The number of hydrogen-bond acceptors (Lipinski definition) is 5. The van der Waals surface area contributed by atoms with Crippen LogP contribution < -0.4 is 5.73 Å². The second kappa shape index (κ2) is 8.24.